The summed E-state index contributed by atoms with van der Waals surface area (Å²) in [5.41, 5.74) is 1.63. The Balaban J connectivity index is 1.68. The standard InChI is InChI=1S/C30H37N5O6/c1-18-9-14-23(31-17-18)32-28(37)26-25(33-27(36)19-10-12-20(13-11-19)29(38)34(2)3)24-21(7-6-8-22(24)41-26)30(39)35(4)15-16-40-5/h6-9,14,17,19-20H,10-13,15-16H2,1-5H3,(H,33,36)(H,31,32,37)/t19-,20-. The van der Waals surface area contributed by atoms with Gasteiger partial charge in [0.25, 0.3) is 11.8 Å². The van der Waals surface area contributed by atoms with Gasteiger partial charge >= 0.3 is 0 Å². The lowest BCUT2D eigenvalue weighted by molar-refractivity contribution is -0.135. The number of carbonyl (C=O) groups excluding carboxylic acids is 4. The summed E-state index contributed by atoms with van der Waals surface area (Å²) in [6.45, 7) is 2.59. The number of furan rings is 1. The van der Waals surface area contributed by atoms with Crippen LogP contribution in [0.15, 0.2) is 40.9 Å². The van der Waals surface area contributed by atoms with Gasteiger partial charge in [-0.3, -0.25) is 19.2 Å². The maximum absolute atomic E-state index is 13.5. The maximum Gasteiger partial charge on any atom is 0.294 e. The van der Waals surface area contributed by atoms with Gasteiger partial charge in [0.2, 0.25) is 17.6 Å². The number of carbonyl (C=O) groups is 4. The third-order valence-corrected chi connectivity index (χ3v) is 7.42. The molecule has 3 aromatic rings. The lowest BCUT2D eigenvalue weighted by Gasteiger charge is -2.28. The first-order valence-corrected chi connectivity index (χ1v) is 13.7. The average molecular weight is 564 g/mol. The molecule has 0 aliphatic heterocycles. The minimum absolute atomic E-state index is 0.0640. The summed E-state index contributed by atoms with van der Waals surface area (Å²) in [7, 11) is 6.67. The molecule has 218 valence electrons. The molecule has 0 spiro atoms. The van der Waals surface area contributed by atoms with E-state index in [4.69, 9.17) is 9.15 Å². The molecule has 1 aliphatic rings. The number of aromatic nitrogens is 1. The molecular weight excluding hydrogens is 526 g/mol. The van der Waals surface area contributed by atoms with Crippen LogP contribution in [0.1, 0.15) is 52.2 Å². The Morgan fingerprint density at radius 2 is 1.71 bits per heavy atom. The van der Waals surface area contributed by atoms with Crippen LogP contribution in [0.5, 0.6) is 0 Å². The molecule has 1 fully saturated rings. The first-order chi connectivity index (χ1) is 19.6. The van der Waals surface area contributed by atoms with Crippen LogP contribution >= 0.6 is 0 Å². The number of rotatable bonds is 9. The van der Waals surface area contributed by atoms with Gasteiger partial charge in [0, 0.05) is 52.8 Å². The Bertz CT molecular complexity index is 1420. The van der Waals surface area contributed by atoms with Gasteiger partial charge < -0.3 is 29.6 Å². The molecule has 4 amide bonds. The molecule has 4 rings (SSSR count). The summed E-state index contributed by atoms with van der Waals surface area (Å²) in [6.07, 6.45) is 3.89. The van der Waals surface area contributed by atoms with Crippen LogP contribution in [-0.4, -0.2) is 79.8 Å². The number of nitrogens with one attached hydrogen (secondary N) is 2. The number of nitrogens with zero attached hydrogens (tertiary/aromatic N) is 3. The molecule has 1 aliphatic carbocycles. The van der Waals surface area contributed by atoms with E-state index in [2.05, 4.69) is 15.6 Å². The van der Waals surface area contributed by atoms with E-state index >= 15 is 0 Å². The fourth-order valence-electron chi connectivity index (χ4n) is 5.05. The van der Waals surface area contributed by atoms with Crippen molar-refractivity contribution in [3.8, 4) is 0 Å². The van der Waals surface area contributed by atoms with Gasteiger partial charge in [-0.1, -0.05) is 12.1 Å². The molecule has 0 radical (unpaired) electrons. The van der Waals surface area contributed by atoms with Crippen molar-refractivity contribution in [3.63, 3.8) is 0 Å². The summed E-state index contributed by atoms with van der Waals surface area (Å²) in [5, 5.41) is 5.98. The Labute approximate surface area is 239 Å². The Kier molecular flexibility index (Phi) is 9.38. The summed E-state index contributed by atoms with van der Waals surface area (Å²) >= 11 is 0. The number of anilines is 2. The number of likely N-dealkylation sites (N-methyl/N-ethyl adjacent to an activating group) is 1. The molecule has 0 bridgehead atoms. The van der Waals surface area contributed by atoms with E-state index in [1.165, 1.54) is 4.90 Å². The molecule has 2 N–H and O–H groups in total. The van der Waals surface area contributed by atoms with E-state index in [0.29, 0.717) is 50.0 Å². The van der Waals surface area contributed by atoms with Crippen LogP contribution in [0, 0.1) is 18.8 Å². The monoisotopic (exact) mass is 563 g/mol. The fraction of sp³-hybridized carbons (Fsp3) is 0.433. The minimum Gasteiger partial charge on any atom is -0.449 e. The second kappa shape index (κ2) is 12.9. The van der Waals surface area contributed by atoms with Crippen LogP contribution in [0.2, 0.25) is 0 Å². The highest BCUT2D eigenvalue weighted by atomic mass is 16.5. The van der Waals surface area contributed by atoms with Crippen LogP contribution in [0.4, 0.5) is 11.5 Å². The summed E-state index contributed by atoms with van der Waals surface area (Å²) in [5.74, 6) is -1.43. The quantitative estimate of drug-likeness (QED) is 0.403. The molecule has 11 heteroatoms. The van der Waals surface area contributed by atoms with Crippen molar-refractivity contribution in [3.05, 3.63) is 53.4 Å². The Hall–Kier alpha value is -4.25. The highest BCUT2D eigenvalue weighted by molar-refractivity contribution is 6.19. The number of methoxy groups -OCH3 is 1. The first-order valence-electron chi connectivity index (χ1n) is 13.7. The average Bonchev–Trinajstić information content (AvgIpc) is 3.34. The highest BCUT2D eigenvalue weighted by Gasteiger charge is 2.33. The summed E-state index contributed by atoms with van der Waals surface area (Å²) in [6, 6.07) is 8.44. The molecule has 41 heavy (non-hydrogen) atoms. The van der Waals surface area contributed by atoms with E-state index in [1.807, 2.05) is 13.0 Å². The third kappa shape index (κ3) is 6.74. The Morgan fingerprint density at radius 3 is 2.34 bits per heavy atom. The zero-order valence-corrected chi connectivity index (χ0v) is 24.2. The largest absolute Gasteiger partial charge is 0.449 e. The number of hydrogen-bond donors (Lipinski definition) is 2. The number of ether oxygens (including phenoxy) is 1. The second-order valence-electron chi connectivity index (χ2n) is 10.6. The van der Waals surface area contributed by atoms with E-state index in [1.54, 1.807) is 63.6 Å². The van der Waals surface area contributed by atoms with Crippen molar-refractivity contribution in [1.82, 2.24) is 14.8 Å². The molecule has 0 atom stereocenters. The van der Waals surface area contributed by atoms with Crippen molar-refractivity contribution in [2.45, 2.75) is 32.6 Å². The zero-order valence-electron chi connectivity index (χ0n) is 24.2. The van der Waals surface area contributed by atoms with Crippen molar-refractivity contribution >= 4 is 46.1 Å². The normalized spacial score (nSPS) is 16.7. The number of benzene rings is 1. The van der Waals surface area contributed by atoms with Crippen molar-refractivity contribution < 1.29 is 28.3 Å². The van der Waals surface area contributed by atoms with Gasteiger partial charge in [-0.15, -0.1) is 0 Å². The SMILES string of the molecule is COCCN(C)C(=O)c1cccc2oc(C(=O)Nc3ccc(C)cn3)c(NC(=O)[C@H]3CC[C@H](C(=O)N(C)C)CC3)c12. The summed E-state index contributed by atoms with van der Waals surface area (Å²) in [4.78, 5) is 60.1. The summed E-state index contributed by atoms with van der Waals surface area (Å²) < 4.78 is 11.1. The van der Waals surface area contributed by atoms with Gasteiger partial charge in [0.15, 0.2) is 0 Å². The van der Waals surface area contributed by atoms with E-state index in [9.17, 15) is 19.2 Å². The van der Waals surface area contributed by atoms with E-state index < -0.39 is 5.91 Å². The van der Waals surface area contributed by atoms with Crippen LogP contribution < -0.4 is 10.6 Å². The third-order valence-electron chi connectivity index (χ3n) is 7.42. The van der Waals surface area contributed by atoms with Gasteiger partial charge in [-0.05, 0) is 56.4 Å². The lowest BCUT2D eigenvalue weighted by atomic mass is 9.81. The van der Waals surface area contributed by atoms with Crippen LogP contribution in [-0.2, 0) is 14.3 Å². The maximum atomic E-state index is 13.5. The highest BCUT2D eigenvalue weighted by Crippen LogP contribution is 2.37. The van der Waals surface area contributed by atoms with Crippen LogP contribution in [0.3, 0.4) is 0 Å². The number of pyridine rings is 1. The van der Waals surface area contributed by atoms with Gasteiger partial charge in [-0.25, -0.2) is 4.98 Å². The molecule has 1 aromatic carbocycles. The zero-order chi connectivity index (χ0) is 29.7. The predicted molar refractivity (Wildman–Crippen MR) is 155 cm³/mol. The van der Waals surface area contributed by atoms with Gasteiger partial charge in [-0.2, -0.15) is 0 Å². The predicted octanol–water partition coefficient (Wildman–Crippen LogP) is 3.94. The molecule has 0 unspecified atom stereocenters. The van der Waals surface area contributed by atoms with Crippen LogP contribution in [0.25, 0.3) is 11.0 Å². The van der Waals surface area contributed by atoms with E-state index in [-0.39, 0.29) is 52.2 Å². The molecule has 2 heterocycles. The lowest BCUT2D eigenvalue weighted by Crippen LogP contribution is -2.35. The number of aryl methyl sites for hydroxylation is 1. The molecule has 0 saturated heterocycles. The minimum atomic E-state index is -0.612. The van der Waals surface area contributed by atoms with Crippen molar-refractivity contribution in [2.24, 2.45) is 11.8 Å². The molecule has 11 nitrogen and oxygen atoms in total. The second-order valence-corrected chi connectivity index (χ2v) is 10.6. The Morgan fingerprint density at radius 1 is 1.00 bits per heavy atom. The molecule has 2 aromatic heterocycles. The van der Waals surface area contributed by atoms with Gasteiger partial charge in [0.1, 0.15) is 17.1 Å². The first kappa shape index (κ1) is 29.7. The topological polar surface area (TPSA) is 134 Å². The fourth-order valence-corrected chi connectivity index (χ4v) is 5.05. The number of fused-ring (bicyclic) bond motifs is 1. The van der Waals surface area contributed by atoms with Crippen molar-refractivity contribution in [2.75, 3.05) is 52.0 Å². The number of hydrogen-bond acceptors (Lipinski definition) is 7. The molecule has 1 saturated carbocycles. The molecular formula is C30H37N5O6. The smallest absolute Gasteiger partial charge is 0.294 e. The van der Waals surface area contributed by atoms with Crippen molar-refractivity contribution in [1.29, 1.82) is 0 Å². The van der Waals surface area contributed by atoms with Gasteiger partial charge in [0.05, 0.1) is 17.6 Å². The number of amides is 4. The van der Waals surface area contributed by atoms with E-state index in [0.717, 1.165) is 5.56 Å².